The molecule has 0 N–H and O–H groups in total. The van der Waals surface area contributed by atoms with Gasteiger partial charge in [0.1, 0.15) is 0 Å². The predicted octanol–water partition coefficient (Wildman–Crippen LogP) is 8.12. The number of rotatable bonds is 15. The molecular weight excluding hydrogens is 288 g/mol. The van der Waals surface area contributed by atoms with E-state index in [1.807, 2.05) is 0 Å². The summed E-state index contributed by atoms with van der Waals surface area (Å²) in [5.41, 5.74) is 2.98. The Bertz CT molecular complexity index is 403. The SMILES string of the molecule is C=C(CCCCCC)C(CCCCCCCC)Cc1ccccc1. The van der Waals surface area contributed by atoms with Gasteiger partial charge in [-0.1, -0.05) is 114 Å². The molecule has 0 aromatic heterocycles. The molecule has 0 radical (unpaired) electrons. The molecule has 0 saturated carbocycles. The number of hydrogen-bond acceptors (Lipinski definition) is 0. The van der Waals surface area contributed by atoms with E-state index >= 15 is 0 Å². The maximum absolute atomic E-state index is 4.48. The largest absolute Gasteiger partial charge is 0.0996 e. The van der Waals surface area contributed by atoms with Gasteiger partial charge in [0, 0.05) is 0 Å². The maximum atomic E-state index is 4.48. The van der Waals surface area contributed by atoms with Crippen LogP contribution in [0.5, 0.6) is 0 Å². The van der Waals surface area contributed by atoms with Crippen LogP contribution < -0.4 is 0 Å². The van der Waals surface area contributed by atoms with Crippen LogP contribution in [0.3, 0.4) is 0 Å². The second kappa shape index (κ2) is 14.3. The van der Waals surface area contributed by atoms with Gasteiger partial charge in [0.2, 0.25) is 0 Å². The molecule has 0 aliphatic heterocycles. The van der Waals surface area contributed by atoms with Crippen molar-refractivity contribution in [1.82, 2.24) is 0 Å². The van der Waals surface area contributed by atoms with Gasteiger partial charge >= 0.3 is 0 Å². The van der Waals surface area contributed by atoms with Crippen molar-refractivity contribution >= 4 is 0 Å². The third-order valence-electron chi connectivity index (χ3n) is 5.16. The minimum atomic E-state index is 0.681. The summed E-state index contributed by atoms with van der Waals surface area (Å²) in [5.74, 6) is 0.681. The van der Waals surface area contributed by atoms with Crippen LogP contribution in [0.25, 0.3) is 0 Å². The molecule has 0 bridgehead atoms. The second-order valence-corrected chi connectivity index (χ2v) is 7.41. The highest BCUT2D eigenvalue weighted by Gasteiger charge is 2.13. The summed E-state index contributed by atoms with van der Waals surface area (Å²) in [5, 5.41) is 0. The molecule has 0 nitrogen and oxygen atoms in total. The van der Waals surface area contributed by atoms with Crippen LogP contribution in [0, 0.1) is 5.92 Å². The van der Waals surface area contributed by atoms with Gasteiger partial charge in [-0.05, 0) is 37.2 Å². The minimum absolute atomic E-state index is 0.681. The van der Waals surface area contributed by atoms with Crippen LogP contribution in [0.1, 0.15) is 96.5 Å². The van der Waals surface area contributed by atoms with E-state index in [0.29, 0.717) is 5.92 Å². The maximum Gasteiger partial charge on any atom is -0.0165 e. The van der Waals surface area contributed by atoms with Gasteiger partial charge in [0.15, 0.2) is 0 Å². The predicted molar refractivity (Wildman–Crippen MR) is 110 cm³/mol. The van der Waals surface area contributed by atoms with Crippen molar-refractivity contribution in [2.75, 3.05) is 0 Å². The average molecular weight is 329 g/mol. The fourth-order valence-corrected chi connectivity index (χ4v) is 3.50. The van der Waals surface area contributed by atoms with Crippen LogP contribution in [0.15, 0.2) is 42.5 Å². The molecule has 0 saturated heterocycles. The Hall–Kier alpha value is -1.04. The standard InChI is InChI=1S/C24H40/c1-4-6-8-10-11-16-20-24(21-23-18-14-12-15-19-23)22(3)17-13-9-7-5-2/h12,14-15,18-19,24H,3-11,13,16-17,20-21H2,1-2H3. The van der Waals surface area contributed by atoms with E-state index in [9.17, 15) is 0 Å². The third-order valence-corrected chi connectivity index (χ3v) is 5.16. The van der Waals surface area contributed by atoms with Gasteiger partial charge in [-0.3, -0.25) is 0 Å². The Morgan fingerprint density at radius 2 is 1.38 bits per heavy atom. The second-order valence-electron chi connectivity index (χ2n) is 7.41. The molecule has 0 spiro atoms. The number of benzene rings is 1. The molecule has 1 atom stereocenters. The van der Waals surface area contributed by atoms with Crippen molar-refractivity contribution in [3.05, 3.63) is 48.0 Å². The third kappa shape index (κ3) is 9.96. The Morgan fingerprint density at radius 3 is 2.04 bits per heavy atom. The minimum Gasteiger partial charge on any atom is -0.0996 e. The number of allylic oxidation sites excluding steroid dienone is 1. The van der Waals surface area contributed by atoms with Crippen LogP contribution in [-0.4, -0.2) is 0 Å². The first-order valence-corrected chi connectivity index (χ1v) is 10.5. The molecule has 24 heavy (non-hydrogen) atoms. The van der Waals surface area contributed by atoms with E-state index in [-0.39, 0.29) is 0 Å². The van der Waals surface area contributed by atoms with E-state index in [1.165, 1.54) is 94.6 Å². The van der Waals surface area contributed by atoms with Gasteiger partial charge < -0.3 is 0 Å². The first kappa shape index (κ1) is 21.0. The summed E-state index contributed by atoms with van der Waals surface area (Å²) in [6, 6.07) is 11.0. The van der Waals surface area contributed by atoms with Gasteiger partial charge in [0.05, 0.1) is 0 Å². The summed E-state index contributed by atoms with van der Waals surface area (Å²) in [6.45, 7) is 9.05. The Balaban J connectivity index is 2.41. The zero-order valence-electron chi connectivity index (χ0n) is 16.4. The smallest absolute Gasteiger partial charge is 0.0165 e. The molecule has 1 aromatic rings. The van der Waals surface area contributed by atoms with Crippen LogP contribution in [0.2, 0.25) is 0 Å². The lowest BCUT2D eigenvalue weighted by Crippen LogP contribution is -2.08. The molecule has 1 rings (SSSR count). The molecule has 0 amide bonds. The molecule has 0 fully saturated rings. The number of hydrogen-bond donors (Lipinski definition) is 0. The van der Waals surface area contributed by atoms with Crippen molar-refractivity contribution in [1.29, 1.82) is 0 Å². The topological polar surface area (TPSA) is 0 Å². The highest BCUT2D eigenvalue weighted by atomic mass is 14.2. The molecular formula is C24H40. The van der Waals surface area contributed by atoms with Crippen LogP contribution in [-0.2, 0) is 6.42 Å². The van der Waals surface area contributed by atoms with Gasteiger partial charge in [-0.15, -0.1) is 0 Å². The van der Waals surface area contributed by atoms with Crippen molar-refractivity contribution < 1.29 is 0 Å². The fraction of sp³-hybridized carbons (Fsp3) is 0.667. The molecule has 1 aromatic carbocycles. The lowest BCUT2D eigenvalue weighted by atomic mass is 9.85. The summed E-state index contributed by atoms with van der Waals surface area (Å²) in [7, 11) is 0. The molecule has 0 heteroatoms. The summed E-state index contributed by atoms with van der Waals surface area (Å²) in [4.78, 5) is 0. The monoisotopic (exact) mass is 328 g/mol. The van der Waals surface area contributed by atoms with Crippen LogP contribution >= 0.6 is 0 Å². The summed E-state index contributed by atoms with van der Waals surface area (Å²) >= 11 is 0. The Kier molecular flexibility index (Phi) is 12.5. The lowest BCUT2D eigenvalue weighted by molar-refractivity contribution is 0.483. The first-order valence-electron chi connectivity index (χ1n) is 10.5. The Labute approximate surface area is 151 Å². The van der Waals surface area contributed by atoms with Gasteiger partial charge in [-0.2, -0.15) is 0 Å². The normalized spacial score (nSPS) is 12.2. The van der Waals surface area contributed by atoms with E-state index in [4.69, 9.17) is 0 Å². The molecule has 1 unspecified atom stereocenters. The van der Waals surface area contributed by atoms with E-state index in [0.717, 1.165) is 0 Å². The van der Waals surface area contributed by atoms with E-state index in [2.05, 4.69) is 50.8 Å². The average Bonchev–Trinajstić information content (AvgIpc) is 2.61. The number of unbranched alkanes of at least 4 members (excludes halogenated alkanes) is 8. The highest BCUT2D eigenvalue weighted by Crippen LogP contribution is 2.26. The first-order chi connectivity index (χ1) is 11.8. The summed E-state index contributed by atoms with van der Waals surface area (Å²) < 4.78 is 0. The summed E-state index contributed by atoms with van der Waals surface area (Å²) in [6.07, 6.45) is 17.5. The van der Waals surface area contributed by atoms with E-state index in [1.54, 1.807) is 0 Å². The van der Waals surface area contributed by atoms with Gasteiger partial charge in [-0.25, -0.2) is 0 Å². The zero-order chi connectivity index (χ0) is 17.5. The fourth-order valence-electron chi connectivity index (χ4n) is 3.50. The molecule has 0 aliphatic carbocycles. The van der Waals surface area contributed by atoms with E-state index < -0.39 is 0 Å². The quantitative estimate of drug-likeness (QED) is 0.225. The highest BCUT2D eigenvalue weighted by molar-refractivity contribution is 5.18. The van der Waals surface area contributed by atoms with Gasteiger partial charge in [0.25, 0.3) is 0 Å². The van der Waals surface area contributed by atoms with Crippen molar-refractivity contribution in [3.63, 3.8) is 0 Å². The Morgan fingerprint density at radius 1 is 0.792 bits per heavy atom. The van der Waals surface area contributed by atoms with Crippen molar-refractivity contribution in [2.24, 2.45) is 5.92 Å². The van der Waals surface area contributed by atoms with Crippen molar-refractivity contribution in [2.45, 2.75) is 97.3 Å². The molecule has 0 heterocycles. The lowest BCUT2D eigenvalue weighted by Gasteiger charge is -2.20. The molecule has 0 aliphatic rings. The van der Waals surface area contributed by atoms with Crippen LogP contribution in [0.4, 0.5) is 0 Å². The molecule has 136 valence electrons. The zero-order valence-corrected chi connectivity index (χ0v) is 16.4. The van der Waals surface area contributed by atoms with Crippen molar-refractivity contribution in [3.8, 4) is 0 Å².